The average Bonchev–Trinajstić information content (AvgIpc) is 1.90. The molecule has 1 rings (SSSR count). The number of carbonyl (C=O) groups excluding carboxylic acids is 1. The smallest absolute Gasteiger partial charge is 0.376 e. The molecule has 0 aliphatic carbocycles. The van der Waals surface area contributed by atoms with Gasteiger partial charge in [-0.1, -0.05) is 6.07 Å². The molecule has 1 aromatic rings. The molecule has 0 aromatic heterocycles. The van der Waals surface area contributed by atoms with Crippen LogP contribution >= 0.6 is 0 Å². The van der Waals surface area contributed by atoms with Crippen molar-refractivity contribution in [3.05, 3.63) is 35.9 Å². The summed E-state index contributed by atoms with van der Waals surface area (Å²) in [6.07, 6.45) is 1.78. The van der Waals surface area contributed by atoms with E-state index in [9.17, 15) is 4.79 Å². The quantitative estimate of drug-likeness (QED) is 0.525. The molecule has 0 heterocycles. The van der Waals surface area contributed by atoms with E-state index in [1.165, 1.54) is 0 Å². The maximum absolute atomic E-state index is 9.88. The van der Waals surface area contributed by atoms with Crippen LogP contribution < -0.4 is 68.9 Å². The van der Waals surface area contributed by atoms with Gasteiger partial charge in [0.25, 0.3) is 0 Å². The van der Waals surface area contributed by atoms with E-state index >= 15 is 0 Å². The summed E-state index contributed by atoms with van der Waals surface area (Å²) in [6.45, 7) is 0. The summed E-state index contributed by atoms with van der Waals surface area (Å²) in [4.78, 5) is 9.88. The molecule has 2 heteroatoms. The predicted molar refractivity (Wildman–Crippen MR) is 31.2 cm³/mol. The normalized spacial score (nSPS) is 7.56. The molecule has 0 N–H and O–H groups in total. The van der Waals surface area contributed by atoms with Crippen LogP contribution in [0, 0.1) is 0 Å². The topological polar surface area (TPSA) is 17.1 Å². The van der Waals surface area contributed by atoms with Crippen molar-refractivity contribution in [2.75, 3.05) is 0 Å². The first-order valence-electron chi connectivity index (χ1n) is 2.36. The van der Waals surface area contributed by atoms with E-state index in [1.807, 2.05) is 6.07 Å². The molecule has 40 valence electrons. The van der Waals surface area contributed by atoms with E-state index in [-0.39, 0.29) is 68.9 Å². The molecule has 9 heavy (non-hydrogen) atoms. The van der Waals surface area contributed by atoms with Gasteiger partial charge in [-0.3, -0.25) is 0 Å². The second-order valence-corrected chi connectivity index (χ2v) is 1.47. The van der Waals surface area contributed by atoms with Crippen molar-refractivity contribution in [2.45, 2.75) is 0 Å². The van der Waals surface area contributed by atoms with Gasteiger partial charge in [0.1, 0.15) is 0 Å². The van der Waals surface area contributed by atoms with Gasteiger partial charge in [0.05, 0.1) is 6.29 Å². The standard InChI is InChI=1S/C7H5O.Cs/c8-6-7-4-2-1-3-5-7;/h1-5H;/q-1;+1. The van der Waals surface area contributed by atoms with Crippen LogP contribution in [0.25, 0.3) is 0 Å². The third-order valence-corrected chi connectivity index (χ3v) is 0.892. The molecule has 0 atom stereocenters. The van der Waals surface area contributed by atoms with Gasteiger partial charge in [0.15, 0.2) is 0 Å². The van der Waals surface area contributed by atoms with Crippen LogP contribution in [0.1, 0.15) is 5.56 Å². The minimum Gasteiger partial charge on any atom is -0.376 e. The van der Waals surface area contributed by atoms with Crippen LogP contribution in [0.2, 0.25) is 0 Å². The Morgan fingerprint density at radius 3 is 2.00 bits per heavy atom. The molecule has 1 nitrogen and oxygen atoms in total. The molecule has 0 saturated carbocycles. The Labute approximate surface area is 113 Å². The van der Waals surface area contributed by atoms with Gasteiger partial charge in [0.2, 0.25) is 0 Å². The van der Waals surface area contributed by atoms with Crippen LogP contribution in [-0.2, 0) is 4.79 Å². The maximum atomic E-state index is 9.88. The van der Waals surface area contributed by atoms with Crippen LogP contribution in [0.5, 0.6) is 0 Å². The van der Waals surface area contributed by atoms with Gasteiger partial charge in [-0.2, -0.15) is 17.7 Å². The summed E-state index contributed by atoms with van der Waals surface area (Å²) < 4.78 is 0. The van der Waals surface area contributed by atoms with E-state index in [2.05, 4.69) is 0 Å². The molecule has 0 amide bonds. The zero-order valence-corrected chi connectivity index (χ0v) is 11.6. The fraction of sp³-hybridized carbons (Fsp3) is 0. The largest absolute Gasteiger partial charge is 1.00 e. The van der Waals surface area contributed by atoms with E-state index < -0.39 is 0 Å². The molecule has 0 radical (unpaired) electrons. The van der Waals surface area contributed by atoms with Crippen molar-refractivity contribution in [2.24, 2.45) is 0 Å². The number of hydrogen-bond acceptors (Lipinski definition) is 1. The van der Waals surface area contributed by atoms with E-state index in [0.717, 1.165) is 0 Å². The Morgan fingerprint density at radius 2 is 1.67 bits per heavy atom. The van der Waals surface area contributed by atoms with E-state index in [4.69, 9.17) is 0 Å². The number of hydrogen-bond donors (Lipinski definition) is 0. The molecule has 0 aliphatic heterocycles. The monoisotopic (exact) mass is 238 g/mol. The van der Waals surface area contributed by atoms with Gasteiger partial charge in [0, 0.05) is 0 Å². The maximum Gasteiger partial charge on any atom is 1.00 e. The van der Waals surface area contributed by atoms with Crippen molar-refractivity contribution < 1.29 is 73.7 Å². The molecule has 0 bridgehead atoms. The Bertz CT molecular complexity index is 172. The Balaban J connectivity index is 0.000000640. The third kappa shape index (κ3) is 3.60. The summed E-state index contributed by atoms with van der Waals surface area (Å²) in [7, 11) is 0. The summed E-state index contributed by atoms with van der Waals surface area (Å²) in [5.74, 6) is 0. The fourth-order valence-corrected chi connectivity index (χ4v) is 0.506. The summed E-state index contributed by atoms with van der Waals surface area (Å²) in [6, 6.07) is 8.90. The molecule has 0 saturated heterocycles. The van der Waals surface area contributed by atoms with Crippen LogP contribution in [0.4, 0.5) is 0 Å². The van der Waals surface area contributed by atoms with Crippen molar-refractivity contribution >= 4 is 6.29 Å². The Kier molecular flexibility index (Phi) is 6.30. The van der Waals surface area contributed by atoms with Crippen LogP contribution in [0.3, 0.4) is 0 Å². The van der Waals surface area contributed by atoms with Gasteiger partial charge >= 0.3 is 68.9 Å². The van der Waals surface area contributed by atoms with Crippen molar-refractivity contribution in [1.82, 2.24) is 0 Å². The van der Waals surface area contributed by atoms with Gasteiger partial charge < -0.3 is 4.79 Å². The zero-order valence-electron chi connectivity index (χ0n) is 5.29. The minimum atomic E-state index is 0. The first-order chi connectivity index (χ1) is 3.93. The van der Waals surface area contributed by atoms with Crippen molar-refractivity contribution in [1.29, 1.82) is 0 Å². The van der Waals surface area contributed by atoms with Crippen LogP contribution in [0.15, 0.2) is 30.3 Å². The summed E-state index contributed by atoms with van der Waals surface area (Å²) in [5, 5.41) is 0. The first-order valence-corrected chi connectivity index (χ1v) is 2.36. The van der Waals surface area contributed by atoms with Gasteiger partial charge in [-0.05, 0) is 0 Å². The SMILES string of the molecule is O=[C-]c1ccccc1.[Cs+]. The van der Waals surface area contributed by atoms with Crippen LogP contribution in [-0.4, -0.2) is 6.29 Å². The minimum absolute atomic E-state index is 0. The third-order valence-electron chi connectivity index (χ3n) is 0.892. The van der Waals surface area contributed by atoms with Gasteiger partial charge in [-0.15, -0.1) is 12.1 Å². The molecule has 0 unspecified atom stereocenters. The second-order valence-electron chi connectivity index (χ2n) is 1.47. The van der Waals surface area contributed by atoms with Crippen molar-refractivity contribution in [3.63, 3.8) is 0 Å². The average molecular weight is 238 g/mol. The molecular weight excluding hydrogens is 233 g/mol. The second kappa shape index (κ2) is 5.71. The molecular formula is C7H5CsO. The van der Waals surface area contributed by atoms with Gasteiger partial charge in [-0.25, -0.2) is 0 Å². The zero-order chi connectivity index (χ0) is 5.82. The Hall–Kier alpha value is 0.942. The molecule has 1 aromatic carbocycles. The predicted octanol–water partition coefficient (Wildman–Crippen LogP) is -1.85. The number of benzene rings is 1. The molecule has 0 aliphatic rings. The Morgan fingerprint density at radius 1 is 1.11 bits per heavy atom. The van der Waals surface area contributed by atoms with E-state index in [0.29, 0.717) is 5.56 Å². The summed E-state index contributed by atoms with van der Waals surface area (Å²) in [5.41, 5.74) is 0.604. The molecule has 0 fully saturated rings. The summed E-state index contributed by atoms with van der Waals surface area (Å²) >= 11 is 0. The van der Waals surface area contributed by atoms with E-state index in [1.54, 1.807) is 30.6 Å². The van der Waals surface area contributed by atoms with Crippen molar-refractivity contribution in [3.8, 4) is 0 Å². The first kappa shape index (κ1) is 9.94. The number of rotatable bonds is 1. The molecule has 0 spiro atoms. The fourth-order valence-electron chi connectivity index (χ4n) is 0.506.